The van der Waals surface area contributed by atoms with Crippen LogP contribution in [-0.4, -0.2) is 51.8 Å². The molecule has 100 valence electrons. The fraction of sp³-hybridized carbons (Fsp3) is 0.909. The minimum absolute atomic E-state index is 0.423. The summed E-state index contributed by atoms with van der Waals surface area (Å²) in [6, 6.07) is 0.558. The fourth-order valence-corrected chi connectivity index (χ4v) is 2.95. The molecule has 0 radical (unpaired) electrons. The summed E-state index contributed by atoms with van der Waals surface area (Å²) in [5.74, 6) is 1.000. The van der Waals surface area contributed by atoms with Crippen molar-refractivity contribution < 1.29 is 4.74 Å². The predicted molar refractivity (Wildman–Crippen MR) is 68.7 cm³/mol. The van der Waals surface area contributed by atoms with Crippen molar-refractivity contribution in [1.82, 2.24) is 25.5 Å². The number of nitrogens with one attached hydrogen (secondary N) is 1. The smallest absolute Gasteiger partial charge is 0.209 e. The summed E-state index contributed by atoms with van der Waals surface area (Å²) in [5, 5.41) is 16.2. The van der Waals surface area contributed by atoms with Gasteiger partial charge in [0.15, 0.2) is 0 Å². The molecule has 1 saturated carbocycles. The van der Waals surface area contributed by atoms with Crippen LogP contribution in [0.4, 0.5) is 0 Å². The Morgan fingerprint density at radius 2 is 2.33 bits per heavy atom. The van der Waals surface area contributed by atoms with E-state index in [2.05, 4.69) is 20.8 Å². The van der Waals surface area contributed by atoms with E-state index in [9.17, 15) is 0 Å². The Morgan fingerprint density at radius 1 is 1.39 bits per heavy atom. The summed E-state index contributed by atoms with van der Waals surface area (Å²) in [5.41, 5.74) is 0. The molecular formula is C11H19N5OS. The molecule has 1 saturated heterocycles. The first-order valence-electron chi connectivity index (χ1n) is 6.66. The second-order valence-electron chi connectivity index (χ2n) is 4.82. The van der Waals surface area contributed by atoms with Crippen LogP contribution in [0.15, 0.2) is 5.16 Å². The minimum atomic E-state index is 0.423. The number of hydrogen-bond acceptors (Lipinski definition) is 6. The van der Waals surface area contributed by atoms with Crippen molar-refractivity contribution in [2.24, 2.45) is 0 Å². The fourth-order valence-electron chi connectivity index (χ4n) is 2.11. The predicted octanol–water partition coefficient (Wildman–Crippen LogP) is 0.869. The molecule has 3 rings (SSSR count). The standard InChI is InChI=1S/C11H19N5OS/c1-2-10(17-6-1)8-12-5-7-18-11-13-14-15-16(11)9-3-4-9/h9-10,12H,1-8H2. The third-order valence-corrected chi connectivity index (χ3v) is 4.20. The Labute approximate surface area is 111 Å². The highest BCUT2D eigenvalue weighted by molar-refractivity contribution is 7.99. The van der Waals surface area contributed by atoms with Gasteiger partial charge in [-0.05, 0) is 36.1 Å². The Morgan fingerprint density at radius 3 is 3.11 bits per heavy atom. The van der Waals surface area contributed by atoms with E-state index in [-0.39, 0.29) is 0 Å². The van der Waals surface area contributed by atoms with Gasteiger partial charge in [-0.1, -0.05) is 11.8 Å². The van der Waals surface area contributed by atoms with Gasteiger partial charge in [0.25, 0.3) is 0 Å². The lowest BCUT2D eigenvalue weighted by molar-refractivity contribution is 0.110. The number of rotatable bonds is 7. The topological polar surface area (TPSA) is 64.9 Å². The minimum Gasteiger partial charge on any atom is -0.377 e. The number of ether oxygens (including phenoxy) is 1. The van der Waals surface area contributed by atoms with Gasteiger partial charge in [-0.25, -0.2) is 4.68 Å². The molecule has 2 fully saturated rings. The Hall–Kier alpha value is -0.660. The molecule has 1 N–H and O–H groups in total. The zero-order valence-corrected chi connectivity index (χ0v) is 11.2. The summed E-state index contributed by atoms with van der Waals surface area (Å²) >= 11 is 1.73. The van der Waals surface area contributed by atoms with Gasteiger partial charge in [0.2, 0.25) is 5.16 Å². The summed E-state index contributed by atoms with van der Waals surface area (Å²) in [4.78, 5) is 0. The molecule has 1 atom stereocenters. The summed E-state index contributed by atoms with van der Waals surface area (Å²) in [6.07, 6.45) is 5.26. The van der Waals surface area contributed by atoms with Crippen LogP contribution in [-0.2, 0) is 4.74 Å². The molecule has 0 aromatic carbocycles. The van der Waals surface area contributed by atoms with Crippen molar-refractivity contribution in [3.05, 3.63) is 0 Å². The van der Waals surface area contributed by atoms with E-state index in [1.165, 1.54) is 25.7 Å². The van der Waals surface area contributed by atoms with E-state index >= 15 is 0 Å². The molecule has 1 aliphatic heterocycles. The number of hydrogen-bond donors (Lipinski definition) is 1. The SMILES string of the molecule is C1COC(CNCCSc2nnnn2C2CC2)C1. The van der Waals surface area contributed by atoms with E-state index in [0.29, 0.717) is 12.1 Å². The van der Waals surface area contributed by atoms with Gasteiger partial charge in [0, 0.05) is 25.4 Å². The van der Waals surface area contributed by atoms with Crippen LogP contribution in [0.1, 0.15) is 31.7 Å². The highest BCUT2D eigenvalue weighted by atomic mass is 32.2. The van der Waals surface area contributed by atoms with Gasteiger partial charge in [-0.2, -0.15) is 0 Å². The van der Waals surface area contributed by atoms with Gasteiger partial charge in [-0.3, -0.25) is 0 Å². The number of tetrazole rings is 1. The molecule has 1 aromatic heterocycles. The van der Waals surface area contributed by atoms with Crippen LogP contribution in [0.5, 0.6) is 0 Å². The Kier molecular flexibility index (Phi) is 4.12. The first-order valence-corrected chi connectivity index (χ1v) is 7.65. The van der Waals surface area contributed by atoms with Gasteiger partial charge in [0.05, 0.1) is 12.1 Å². The van der Waals surface area contributed by atoms with Gasteiger partial charge in [0.1, 0.15) is 0 Å². The molecule has 6 nitrogen and oxygen atoms in total. The summed E-state index contributed by atoms with van der Waals surface area (Å²) in [6.45, 7) is 2.87. The number of nitrogens with zero attached hydrogens (tertiary/aromatic N) is 4. The number of thioether (sulfide) groups is 1. The maximum absolute atomic E-state index is 5.56. The van der Waals surface area contributed by atoms with Crippen LogP contribution in [0.25, 0.3) is 0 Å². The van der Waals surface area contributed by atoms with Crippen molar-refractivity contribution in [3.63, 3.8) is 0 Å². The molecule has 0 amide bonds. The summed E-state index contributed by atoms with van der Waals surface area (Å²) in [7, 11) is 0. The van der Waals surface area contributed by atoms with Crippen molar-refractivity contribution >= 4 is 11.8 Å². The average molecular weight is 269 g/mol. The van der Waals surface area contributed by atoms with E-state index in [0.717, 1.165) is 30.6 Å². The lowest BCUT2D eigenvalue weighted by Crippen LogP contribution is -2.28. The first-order chi connectivity index (χ1) is 8.93. The molecule has 1 aliphatic carbocycles. The van der Waals surface area contributed by atoms with Crippen LogP contribution in [0.2, 0.25) is 0 Å². The second-order valence-corrected chi connectivity index (χ2v) is 5.89. The number of aromatic nitrogens is 4. The molecule has 2 aliphatic rings. The lowest BCUT2D eigenvalue weighted by Gasteiger charge is -2.10. The highest BCUT2D eigenvalue weighted by Gasteiger charge is 2.27. The average Bonchev–Trinajstić information content (AvgIpc) is 2.92. The Bertz CT molecular complexity index is 375. The summed E-state index contributed by atoms with van der Waals surface area (Å²) < 4.78 is 7.52. The lowest BCUT2D eigenvalue weighted by atomic mass is 10.2. The molecule has 18 heavy (non-hydrogen) atoms. The molecular weight excluding hydrogens is 250 g/mol. The van der Waals surface area contributed by atoms with E-state index in [1.807, 2.05) is 4.68 Å². The molecule has 0 bridgehead atoms. The van der Waals surface area contributed by atoms with Crippen molar-refractivity contribution in [2.45, 2.75) is 43.0 Å². The normalized spacial score (nSPS) is 23.7. The van der Waals surface area contributed by atoms with Gasteiger partial charge < -0.3 is 10.1 Å². The second kappa shape index (κ2) is 5.99. The molecule has 0 spiro atoms. The van der Waals surface area contributed by atoms with Crippen LogP contribution < -0.4 is 5.32 Å². The molecule has 2 heterocycles. The van der Waals surface area contributed by atoms with Crippen LogP contribution in [0.3, 0.4) is 0 Å². The Balaban J connectivity index is 1.32. The van der Waals surface area contributed by atoms with E-state index < -0.39 is 0 Å². The largest absolute Gasteiger partial charge is 0.377 e. The van der Waals surface area contributed by atoms with E-state index in [4.69, 9.17) is 4.74 Å². The van der Waals surface area contributed by atoms with Crippen molar-refractivity contribution in [1.29, 1.82) is 0 Å². The van der Waals surface area contributed by atoms with Crippen molar-refractivity contribution in [3.8, 4) is 0 Å². The maximum Gasteiger partial charge on any atom is 0.209 e. The van der Waals surface area contributed by atoms with Gasteiger partial charge in [-0.15, -0.1) is 5.10 Å². The van der Waals surface area contributed by atoms with Crippen LogP contribution >= 0.6 is 11.8 Å². The monoisotopic (exact) mass is 269 g/mol. The van der Waals surface area contributed by atoms with Crippen molar-refractivity contribution in [2.75, 3.05) is 25.4 Å². The quantitative estimate of drug-likeness (QED) is 0.585. The van der Waals surface area contributed by atoms with Gasteiger partial charge >= 0.3 is 0 Å². The van der Waals surface area contributed by atoms with E-state index in [1.54, 1.807) is 11.8 Å². The molecule has 1 unspecified atom stereocenters. The third kappa shape index (κ3) is 3.21. The zero-order valence-electron chi connectivity index (χ0n) is 10.4. The molecule has 7 heteroatoms. The third-order valence-electron chi connectivity index (χ3n) is 3.26. The molecule has 1 aromatic rings. The first kappa shape index (κ1) is 12.4. The maximum atomic E-state index is 5.56. The van der Waals surface area contributed by atoms with Crippen LogP contribution in [0, 0.1) is 0 Å². The zero-order chi connectivity index (χ0) is 12.2. The highest BCUT2D eigenvalue weighted by Crippen LogP contribution is 2.36.